The van der Waals surface area contributed by atoms with Crippen LogP contribution in [0.3, 0.4) is 0 Å². The molecule has 0 aromatic carbocycles. The largest absolute Gasteiger partial charge is 0.300 e. The summed E-state index contributed by atoms with van der Waals surface area (Å²) in [4.78, 5) is 2.21. The van der Waals surface area contributed by atoms with Crippen LogP contribution in [0.25, 0.3) is 0 Å². The van der Waals surface area contributed by atoms with Gasteiger partial charge in [0.15, 0.2) is 0 Å². The minimum Gasteiger partial charge on any atom is -0.300 e. The van der Waals surface area contributed by atoms with Crippen LogP contribution in [-0.4, -0.2) is 28.7 Å². The van der Waals surface area contributed by atoms with Crippen molar-refractivity contribution >= 4 is 16.5 Å². The molecule has 74 valence electrons. The molecule has 13 heavy (non-hydrogen) atoms. The van der Waals surface area contributed by atoms with E-state index in [0.717, 1.165) is 24.5 Å². The molecule has 1 rings (SSSR count). The van der Waals surface area contributed by atoms with Crippen LogP contribution < -0.4 is 11.3 Å². The van der Waals surface area contributed by atoms with Crippen LogP contribution in [0, 0.1) is 0 Å². The van der Waals surface area contributed by atoms with Crippen LogP contribution in [0.15, 0.2) is 0 Å². The van der Waals surface area contributed by atoms with Gasteiger partial charge in [0.1, 0.15) is 5.01 Å². The number of anilines is 1. The molecule has 1 heterocycles. The zero-order valence-corrected chi connectivity index (χ0v) is 8.77. The molecule has 1 aromatic rings. The number of hydrogen-bond acceptors (Lipinski definition) is 6. The van der Waals surface area contributed by atoms with E-state index in [-0.39, 0.29) is 0 Å². The van der Waals surface area contributed by atoms with Crippen molar-refractivity contribution in [2.24, 2.45) is 5.84 Å². The van der Waals surface area contributed by atoms with Crippen molar-refractivity contribution in [3.8, 4) is 0 Å². The molecule has 0 unspecified atom stereocenters. The Morgan fingerprint density at radius 3 is 2.85 bits per heavy atom. The molecule has 1 aromatic heterocycles. The normalized spacial score (nSPS) is 10.8. The fraction of sp³-hybridized carbons (Fsp3) is 0.714. The summed E-state index contributed by atoms with van der Waals surface area (Å²) in [7, 11) is 2.07. The number of aromatic nitrogens is 2. The van der Waals surface area contributed by atoms with E-state index in [1.807, 2.05) is 0 Å². The van der Waals surface area contributed by atoms with Gasteiger partial charge in [-0.3, -0.25) is 10.3 Å². The smallest absolute Gasteiger partial charge is 0.219 e. The first-order valence-electron chi connectivity index (χ1n) is 4.23. The van der Waals surface area contributed by atoms with Crippen molar-refractivity contribution in [3.63, 3.8) is 0 Å². The Morgan fingerprint density at radius 1 is 1.54 bits per heavy atom. The number of hydrogen-bond donors (Lipinski definition) is 2. The van der Waals surface area contributed by atoms with Gasteiger partial charge in [0.25, 0.3) is 0 Å². The van der Waals surface area contributed by atoms with E-state index in [0.29, 0.717) is 5.13 Å². The van der Waals surface area contributed by atoms with Crippen molar-refractivity contribution in [2.75, 3.05) is 19.0 Å². The standard InChI is InChI=1S/C7H15N5S/c1-3-4-12(2)5-6-10-11-7(9-8)13-6/h3-5,8H2,1-2H3,(H,9,11). The van der Waals surface area contributed by atoms with Gasteiger partial charge in [0.2, 0.25) is 5.13 Å². The fourth-order valence-corrected chi connectivity index (χ4v) is 1.80. The lowest BCUT2D eigenvalue weighted by Crippen LogP contribution is -2.18. The lowest BCUT2D eigenvalue weighted by atomic mass is 10.4. The summed E-state index contributed by atoms with van der Waals surface area (Å²) in [5, 5.41) is 9.50. The molecule has 0 fully saturated rings. The maximum absolute atomic E-state index is 5.20. The number of nitrogen functional groups attached to an aromatic ring is 1. The first kappa shape index (κ1) is 10.4. The Morgan fingerprint density at radius 2 is 2.31 bits per heavy atom. The highest BCUT2D eigenvalue weighted by Gasteiger charge is 2.04. The number of nitrogens with zero attached hydrogens (tertiary/aromatic N) is 3. The molecule has 0 aliphatic rings. The van der Waals surface area contributed by atoms with Gasteiger partial charge in [0.05, 0.1) is 6.54 Å². The third kappa shape index (κ3) is 3.25. The summed E-state index contributed by atoms with van der Waals surface area (Å²) in [5.41, 5.74) is 2.48. The SMILES string of the molecule is CCCN(C)Cc1nnc(NN)s1. The van der Waals surface area contributed by atoms with E-state index in [1.165, 1.54) is 11.3 Å². The minimum atomic E-state index is 0.667. The Balaban J connectivity index is 2.44. The van der Waals surface area contributed by atoms with Crippen molar-refractivity contribution in [1.29, 1.82) is 0 Å². The van der Waals surface area contributed by atoms with E-state index >= 15 is 0 Å². The van der Waals surface area contributed by atoms with Crippen molar-refractivity contribution < 1.29 is 0 Å². The average Bonchev–Trinajstić information content (AvgIpc) is 2.52. The third-order valence-electron chi connectivity index (χ3n) is 1.60. The Bertz CT molecular complexity index is 249. The van der Waals surface area contributed by atoms with Crippen LogP contribution >= 0.6 is 11.3 Å². The molecule has 5 nitrogen and oxygen atoms in total. The van der Waals surface area contributed by atoms with Crippen LogP contribution in [0.2, 0.25) is 0 Å². The van der Waals surface area contributed by atoms with Gasteiger partial charge < -0.3 is 0 Å². The molecule has 6 heteroatoms. The van der Waals surface area contributed by atoms with Gasteiger partial charge in [-0.1, -0.05) is 18.3 Å². The molecule has 0 atom stereocenters. The molecule has 0 radical (unpaired) electrons. The predicted octanol–water partition coefficient (Wildman–Crippen LogP) is 0.666. The van der Waals surface area contributed by atoms with Gasteiger partial charge in [-0.05, 0) is 20.0 Å². The first-order chi connectivity index (χ1) is 6.26. The summed E-state index contributed by atoms with van der Waals surface area (Å²) in [6, 6.07) is 0. The second-order valence-corrected chi connectivity index (χ2v) is 3.95. The Labute approximate surface area is 81.9 Å². The molecule has 0 saturated carbocycles. The second kappa shape index (κ2) is 5.11. The molecule has 0 bridgehead atoms. The molecule has 0 amide bonds. The van der Waals surface area contributed by atoms with Crippen molar-refractivity contribution in [2.45, 2.75) is 19.9 Å². The summed E-state index contributed by atoms with van der Waals surface area (Å²) in [5.74, 6) is 5.20. The zero-order chi connectivity index (χ0) is 9.68. The van der Waals surface area contributed by atoms with E-state index in [1.54, 1.807) is 0 Å². The van der Waals surface area contributed by atoms with Crippen LogP contribution in [0.1, 0.15) is 18.4 Å². The van der Waals surface area contributed by atoms with Crippen LogP contribution in [-0.2, 0) is 6.54 Å². The monoisotopic (exact) mass is 201 g/mol. The van der Waals surface area contributed by atoms with E-state index in [9.17, 15) is 0 Å². The van der Waals surface area contributed by atoms with Gasteiger partial charge in [-0.25, -0.2) is 5.84 Å². The highest BCUT2D eigenvalue weighted by Crippen LogP contribution is 2.14. The van der Waals surface area contributed by atoms with Crippen molar-refractivity contribution in [3.05, 3.63) is 5.01 Å². The lowest BCUT2D eigenvalue weighted by molar-refractivity contribution is 0.326. The molecular weight excluding hydrogens is 186 g/mol. The first-order valence-corrected chi connectivity index (χ1v) is 5.05. The molecule has 3 N–H and O–H groups in total. The lowest BCUT2D eigenvalue weighted by Gasteiger charge is -2.12. The minimum absolute atomic E-state index is 0.667. The van der Waals surface area contributed by atoms with Gasteiger partial charge in [-0.15, -0.1) is 10.2 Å². The van der Waals surface area contributed by atoms with E-state index in [4.69, 9.17) is 5.84 Å². The average molecular weight is 201 g/mol. The molecule has 0 aliphatic heterocycles. The molecule has 0 saturated heterocycles. The molecular formula is C7H15N5S. The summed E-state index contributed by atoms with van der Waals surface area (Å²) < 4.78 is 0. The summed E-state index contributed by atoms with van der Waals surface area (Å²) in [6.45, 7) is 4.07. The van der Waals surface area contributed by atoms with Crippen LogP contribution in [0.5, 0.6) is 0 Å². The number of rotatable bonds is 5. The maximum atomic E-state index is 5.20. The zero-order valence-electron chi connectivity index (χ0n) is 7.95. The third-order valence-corrected chi connectivity index (χ3v) is 2.44. The quantitative estimate of drug-likeness (QED) is 0.541. The number of nitrogens with one attached hydrogen (secondary N) is 1. The molecule has 0 aliphatic carbocycles. The topological polar surface area (TPSA) is 67.1 Å². The number of nitrogens with two attached hydrogens (primary N) is 1. The maximum Gasteiger partial charge on any atom is 0.219 e. The summed E-state index contributed by atoms with van der Waals surface area (Å²) >= 11 is 1.49. The highest BCUT2D eigenvalue weighted by atomic mass is 32.1. The summed E-state index contributed by atoms with van der Waals surface area (Å²) in [6.07, 6.45) is 1.15. The van der Waals surface area contributed by atoms with E-state index < -0.39 is 0 Å². The van der Waals surface area contributed by atoms with Gasteiger partial charge in [0, 0.05) is 0 Å². The Kier molecular flexibility index (Phi) is 4.07. The van der Waals surface area contributed by atoms with E-state index in [2.05, 4.69) is 34.5 Å². The fourth-order valence-electron chi connectivity index (χ4n) is 1.07. The number of hydrazine groups is 1. The van der Waals surface area contributed by atoms with Crippen molar-refractivity contribution in [1.82, 2.24) is 15.1 Å². The predicted molar refractivity (Wildman–Crippen MR) is 54.3 cm³/mol. The second-order valence-electron chi connectivity index (χ2n) is 2.88. The van der Waals surface area contributed by atoms with Gasteiger partial charge in [-0.2, -0.15) is 0 Å². The molecule has 0 spiro atoms. The van der Waals surface area contributed by atoms with Gasteiger partial charge >= 0.3 is 0 Å². The van der Waals surface area contributed by atoms with Crippen LogP contribution in [0.4, 0.5) is 5.13 Å². The highest BCUT2D eigenvalue weighted by molar-refractivity contribution is 7.15. The Hall–Kier alpha value is -0.720.